The molecule has 0 aliphatic heterocycles. The topological polar surface area (TPSA) is 66.4 Å². The van der Waals surface area contributed by atoms with Gasteiger partial charge in [0.05, 0.1) is 5.56 Å². The average Bonchev–Trinajstić information content (AvgIpc) is 2.81. The summed E-state index contributed by atoms with van der Waals surface area (Å²) in [7, 11) is 0. The highest BCUT2D eigenvalue weighted by molar-refractivity contribution is 7.16. The number of carboxylic acids is 1. The first-order chi connectivity index (χ1) is 10.1. The van der Waals surface area contributed by atoms with Crippen molar-refractivity contribution in [2.24, 2.45) is 5.92 Å². The van der Waals surface area contributed by atoms with Gasteiger partial charge in [-0.1, -0.05) is 39.0 Å². The van der Waals surface area contributed by atoms with E-state index in [2.05, 4.69) is 5.32 Å². The summed E-state index contributed by atoms with van der Waals surface area (Å²) in [6.07, 6.45) is 8.46. The zero-order valence-corrected chi connectivity index (χ0v) is 13.3. The van der Waals surface area contributed by atoms with Crippen molar-refractivity contribution in [1.29, 1.82) is 0 Å². The number of thiophene rings is 1. The third kappa shape index (κ3) is 4.30. The minimum absolute atomic E-state index is 0.0103. The van der Waals surface area contributed by atoms with E-state index in [9.17, 15) is 14.7 Å². The highest BCUT2D eigenvalue weighted by Crippen LogP contribution is 2.30. The number of hydrogen-bond donors (Lipinski definition) is 2. The molecule has 0 unspecified atom stereocenters. The van der Waals surface area contributed by atoms with E-state index in [0.717, 1.165) is 37.0 Å². The van der Waals surface area contributed by atoms with Crippen LogP contribution in [-0.2, 0) is 11.2 Å². The minimum Gasteiger partial charge on any atom is -0.478 e. The van der Waals surface area contributed by atoms with E-state index in [1.165, 1.54) is 30.6 Å². The fraction of sp³-hybridized carbons (Fsp3) is 0.625. The number of hydrogen-bond acceptors (Lipinski definition) is 3. The maximum Gasteiger partial charge on any atom is 0.338 e. The van der Waals surface area contributed by atoms with Gasteiger partial charge >= 0.3 is 5.97 Å². The summed E-state index contributed by atoms with van der Waals surface area (Å²) < 4.78 is 0. The Balaban J connectivity index is 2.07. The van der Waals surface area contributed by atoms with E-state index in [4.69, 9.17) is 0 Å². The zero-order chi connectivity index (χ0) is 15.2. The first-order valence-electron chi connectivity index (χ1n) is 7.78. The first-order valence-corrected chi connectivity index (χ1v) is 8.60. The Kier molecular flexibility index (Phi) is 5.79. The molecule has 4 nitrogen and oxygen atoms in total. The predicted octanol–water partition coefficient (Wildman–Crippen LogP) is 4.31. The summed E-state index contributed by atoms with van der Waals surface area (Å²) in [5.41, 5.74) is 0.219. The van der Waals surface area contributed by atoms with Gasteiger partial charge in [0.2, 0.25) is 5.91 Å². The van der Waals surface area contributed by atoms with Gasteiger partial charge in [0.1, 0.15) is 5.00 Å². The molecule has 5 heteroatoms. The highest BCUT2D eigenvalue weighted by atomic mass is 32.1. The molecule has 1 heterocycles. The van der Waals surface area contributed by atoms with E-state index in [1.54, 1.807) is 6.07 Å². The van der Waals surface area contributed by atoms with Crippen LogP contribution in [0.2, 0.25) is 0 Å². The maximum absolute atomic E-state index is 12.4. The number of aryl methyl sites for hydroxylation is 1. The summed E-state index contributed by atoms with van der Waals surface area (Å²) in [6, 6.07) is 1.67. The smallest absolute Gasteiger partial charge is 0.338 e. The van der Waals surface area contributed by atoms with E-state index in [1.807, 2.05) is 6.92 Å². The van der Waals surface area contributed by atoms with Crippen LogP contribution in [0, 0.1) is 5.92 Å². The van der Waals surface area contributed by atoms with Crippen LogP contribution in [-0.4, -0.2) is 17.0 Å². The van der Waals surface area contributed by atoms with Crippen molar-refractivity contribution in [3.63, 3.8) is 0 Å². The number of carbonyl (C=O) groups excluding carboxylic acids is 1. The van der Waals surface area contributed by atoms with Crippen molar-refractivity contribution < 1.29 is 14.7 Å². The van der Waals surface area contributed by atoms with Gasteiger partial charge in [-0.05, 0) is 25.3 Å². The van der Waals surface area contributed by atoms with Crippen LogP contribution in [0.15, 0.2) is 6.07 Å². The molecule has 1 aliphatic carbocycles. The lowest BCUT2D eigenvalue weighted by molar-refractivity contribution is -0.120. The number of rotatable bonds is 4. The zero-order valence-electron chi connectivity index (χ0n) is 12.5. The quantitative estimate of drug-likeness (QED) is 0.871. The minimum atomic E-state index is -0.973. The Hall–Kier alpha value is -1.36. The predicted molar refractivity (Wildman–Crippen MR) is 85.1 cm³/mol. The Morgan fingerprint density at radius 1 is 1.24 bits per heavy atom. The van der Waals surface area contributed by atoms with Crippen LogP contribution in [0.3, 0.4) is 0 Å². The molecule has 0 spiro atoms. The first kappa shape index (κ1) is 16.0. The molecule has 0 bridgehead atoms. The monoisotopic (exact) mass is 309 g/mol. The molecule has 116 valence electrons. The van der Waals surface area contributed by atoms with Gasteiger partial charge < -0.3 is 10.4 Å². The molecular weight excluding hydrogens is 286 g/mol. The van der Waals surface area contributed by atoms with Crippen LogP contribution in [0.25, 0.3) is 0 Å². The number of nitrogens with one attached hydrogen (secondary N) is 1. The molecule has 0 radical (unpaired) electrons. The summed E-state index contributed by atoms with van der Waals surface area (Å²) in [6.45, 7) is 1.98. The number of carboxylic acid groups (broad SMARTS) is 1. The van der Waals surface area contributed by atoms with Gasteiger partial charge in [-0.15, -0.1) is 11.3 Å². The molecule has 1 aromatic heterocycles. The van der Waals surface area contributed by atoms with Crippen LogP contribution >= 0.6 is 11.3 Å². The molecule has 2 rings (SSSR count). The van der Waals surface area contributed by atoms with E-state index in [-0.39, 0.29) is 17.4 Å². The fourth-order valence-electron chi connectivity index (χ4n) is 2.80. The van der Waals surface area contributed by atoms with Crippen LogP contribution in [0.5, 0.6) is 0 Å². The lowest BCUT2D eigenvalue weighted by atomic mass is 9.90. The molecule has 2 N–H and O–H groups in total. The molecule has 0 aromatic carbocycles. The van der Waals surface area contributed by atoms with Crippen molar-refractivity contribution in [3.05, 3.63) is 16.5 Å². The summed E-state index contributed by atoms with van der Waals surface area (Å²) in [5, 5.41) is 12.6. The molecule has 0 atom stereocenters. The summed E-state index contributed by atoms with van der Waals surface area (Å²) >= 11 is 1.38. The molecule has 0 saturated heterocycles. The van der Waals surface area contributed by atoms with E-state index in [0.29, 0.717) is 5.00 Å². The van der Waals surface area contributed by atoms with Gasteiger partial charge in [-0.2, -0.15) is 0 Å². The van der Waals surface area contributed by atoms with Gasteiger partial charge in [-0.3, -0.25) is 4.79 Å². The second-order valence-corrected chi connectivity index (χ2v) is 6.78. The third-order valence-electron chi connectivity index (χ3n) is 4.07. The molecule has 1 fully saturated rings. The standard InChI is InChI=1S/C16H23NO3S/c1-2-12-10-13(16(19)20)15(21-12)17-14(18)11-8-6-4-3-5-7-9-11/h10-11H,2-9H2,1H3,(H,17,18)(H,19,20). The normalized spacial score (nSPS) is 17.0. The summed E-state index contributed by atoms with van der Waals surface area (Å²) in [5.74, 6) is -0.957. The Labute approximate surface area is 129 Å². The van der Waals surface area contributed by atoms with Gasteiger partial charge in [0.25, 0.3) is 0 Å². The van der Waals surface area contributed by atoms with Crippen molar-refractivity contribution >= 4 is 28.2 Å². The number of anilines is 1. The lowest BCUT2D eigenvalue weighted by Gasteiger charge is -2.18. The number of carbonyl (C=O) groups is 2. The Morgan fingerprint density at radius 2 is 1.86 bits per heavy atom. The largest absolute Gasteiger partial charge is 0.478 e. The Morgan fingerprint density at radius 3 is 2.43 bits per heavy atom. The van der Waals surface area contributed by atoms with Crippen LogP contribution in [0.4, 0.5) is 5.00 Å². The second-order valence-electron chi connectivity index (χ2n) is 5.65. The number of amides is 1. The maximum atomic E-state index is 12.4. The van der Waals surface area contributed by atoms with E-state index >= 15 is 0 Å². The highest BCUT2D eigenvalue weighted by Gasteiger charge is 2.22. The average molecular weight is 309 g/mol. The van der Waals surface area contributed by atoms with Crippen molar-refractivity contribution in [2.45, 2.75) is 58.3 Å². The third-order valence-corrected chi connectivity index (χ3v) is 5.27. The van der Waals surface area contributed by atoms with Crippen LogP contribution < -0.4 is 5.32 Å². The summed E-state index contributed by atoms with van der Waals surface area (Å²) in [4.78, 5) is 24.7. The molecule has 21 heavy (non-hydrogen) atoms. The van der Waals surface area contributed by atoms with Gasteiger partial charge in [0.15, 0.2) is 0 Å². The molecule has 1 aliphatic rings. The fourth-order valence-corrected chi connectivity index (χ4v) is 3.79. The van der Waals surface area contributed by atoms with Crippen LogP contribution in [0.1, 0.15) is 67.1 Å². The number of aromatic carboxylic acids is 1. The van der Waals surface area contributed by atoms with Crippen molar-refractivity contribution in [2.75, 3.05) is 5.32 Å². The van der Waals surface area contributed by atoms with Crippen molar-refractivity contribution in [3.8, 4) is 0 Å². The Bertz CT molecular complexity index is 502. The molecule has 1 amide bonds. The van der Waals surface area contributed by atoms with Gasteiger partial charge in [0, 0.05) is 10.8 Å². The SMILES string of the molecule is CCc1cc(C(=O)O)c(NC(=O)C2CCCCCCC2)s1. The lowest BCUT2D eigenvalue weighted by Crippen LogP contribution is -2.24. The van der Waals surface area contributed by atoms with Gasteiger partial charge in [-0.25, -0.2) is 4.79 Å². The molecular formula is C16H23NO3S. The molecule has 1 saturated carbocycles. The second kappa shape index (κ2) is 7.59. The van der Waals surface area contributed by atoms with Crippen molar-refractivity contribution in [1.82, 2.24) is 0 Å². The van der Waals surface area contributed by atoms with E-state index < -0.39 is 5.97 Å². The molecule has 1 aromatic rings.